The largest absolute Gasteiger partial charge is 0.370 e. The van der Waals surface area contributed by atoms with E-state index in [4.69, 9.17) is 0 Å². The number of hydrogen-bond acceptors (Lipinski definition) is 2. The fourth-order valence-corrected chi connectivity index (χ4v) is 3.57. The predicted molar refractivity (Wildman–Crippen MR) is 83.7 cm³/mol. The number of benzene rings is 1. The van der Waals surface area contributed by atoms with Gasteiger partial charge in [0.2, 0.25) is 5.91 Å². The van der Waals surface area contributed by atoms with Gasteiger partial charge in [-0.2, -0.15) is 0 Å². The van der Waals surface area contributed by atoms with Gasteiger partial charge in [0.25, 0.3) is 0 Å². The van der Waals surface area contributed by atoms with Crippen LogP contribution in [0.1, 0.15) is 18.4 Å². The van der Waals surface area contributed by atoms with Crippen molar-refractivity contribution >= 4 is 17.3 Å². The summed E-state index contributed by atoms with van der Waals surface area (Å²) in [4.78, 5) is 19.9. The molecule has 0 spiro atoms. The zero-order valence-corrected chi connectivity index (χ0v) is 12.0. The minimum atomic E-state index is 0.260. The standard InChI is InChI=1S/C17H19N3O/c21-17-11-13-3-1-2-4-16(13)20(17)14-6-9-19(10-7-14)15-5-8-18-12-15/h1-5,8,12,14,18H,6-7,9-11H2. The van der Waals surface area contributed by atoms with Crippen molar-refractivity contribution in [2.75, 3.05) is 22.9 Å². The molecule has 1 fully saturated rings. The number of piperidine rings is 1. The number of amides is 1. The third kappa shape index (κ3) is 2.11. The lowest BCUT2D eigenvalue weighted by Crippen LogP contribution is -2.46. The van der Waals surface area contributed by atoms with E-state index < -0.39 is 0 Å². The van der Waals surface area contributed by atoms with E-state index >= 15 is 0 Å². The zero-order valence-electron chi connectivity index (χ0n) is 12.0. The van der Waals surface area contributed by atoms with E-state index in [0.717, 1.165) is 31.6 Å². The molecule has 4 rings (SSSR count). The van der Waals surface area contributed by atoms with Crippen LogP contribution >= 0.6 is 0 Å². The molecular formula is C17H19N3O. The van der Waals surface area contributed by atoms with Gasteiger partial charge in [-0.05, 0) is 30.5 Å². The Labute approximate surface area is 124 Å². The number of para-hydroxylation sites is 1. The van der Waals surface area contributed by atoms with Crippen molar-refractivity contribution in [3.8, 4) is 0 Å². The number of hydrogen-bond donors (Lipinski definition) is 1. The van der Waals surface area contributed by atoms with E-state index in [-0.39, 0.29) is 5.91 Å². The summed E-state index contributed by atoms with van der Waals surface area (Å²) in [5.41, 5.74) is 3.56. The Morgan fingerprint density at radius 3 is 2.67 bits per heavy atom. The van der Waals surface area contributed by atoms with Crippen LogP contribution in [0.25, 0.3) is 0 Å². The number of fused-ring (bicyclic) bond motifs is 1. The molecule has 3 heterocycles. The summed E-state index contributed by atoms with van der Waals surface area (Å²) >= 11 is 0. The molecule has 0 atom stereocenters. The number of nitrogens with one attached hydrogen (secondary N) is 1. The Morgan fingerprint density at radius 1 is 1.10 bits per heavy atom. The first-order chi connectivity index (χ1) is 10.3. The molecule has 0 unspecified atom stereocenters. The lowest BCUT2D eigenvalue weighted by atomic mass is 10.0. The lowest BCUT2D eigenvalue weighted by molar-refractivity contribution is -0.117. The third-order valence-electron chi connectivity index (χ3n) is 4.64. The minimum Gasteiger partial charge on any atom is -0.370 e. The second-order valence-corrected chi connectivity index (χ2v) is 5.86. The second kappa shape index (κ2) is 4.95. The molecule has 4 heteroatoms. The van der Waals surface area contributed by atoms with Crippen LogP contribution in [0.2, 0.25) is 0 Å². The van der Waals surface area contributed by atoms with Gasteiger partial charge in [-0.15, -0.1) is 0 Å². The first kappa shape index (κ1) is 12.5. The van der Waals surface area contributed by atoms with Crippen molar-refractivity contribution in [1.29, 1.82) is 0 Å². The van der Waals surface area contributed by atoms with Crippen LogP contribution in [-0.4, -0.2) is 30.0 Å². The molecule has 1 amide bonds. The molecule has 0 saturated carbocycles. The van der Waals surface area contributed by atoms with Gasteiger partial charge >= 0.3 is 0 Å². The molecule has 0 aliphatic carbocycles. The summed E-state index contributed by atoms with van der Waals surface area (Å²) in [5.74, 6) is 0.260. The fourth-order valence-electron chi connectivity index (χ4n) is 3.57. The van der Waals surface area contributed by atoms with E-state index in [9.17, 15) is 4.79 Å². The molecular weight excluding hydrogens is 262 g/mol. The quantitative estimate of drug-likeness (QED) is 0.919. The molecule has 1 N–H and O–H groups in total. The van der Waals surface area contributed by atoms with Gasteiger partial charge in [0.1, 0.15) is 0 Å². The number of carbonyl (C=O) groups is 1. The summed E-state index contributed by atoms with van der Waals surface area (Å²) in [5, 5.41) is 0. The van der Waals surface area contributed by atoms with Crippen molar-refractivity contribution in [3.63, 3.8) is 0 Å². The smallest absolute Gasteiger partial charge is 0.231 e. The number of nitrogens with zero attached hydrogens (tertiary/aromatic N) is 2. The summed E-state index contributed by atoms with van der Waals surface area (Å²) in [6, 6.07) is 10.7. The van der Waals surface area contributed by atoms with E-state index in [1.807, 2.05) is 29.4 Å². The highest BCUT2D eigenvalue weighted by atomic mass is 16.2. The van der Waals surface area contributed by atoms with Crippen molar-refractivity contribution in [2.45, 2.75) is 25.3 Å². The molecule has 2 aliphatic rings. The van der Waals surface area contributed by atoms with Crippen LogP contribution in [0.4, 0.5) is 11.4 Å². The van der Waals surface area contributed by atoms with Crippen molar-refractivity contribution in [3.05, 3.63) is 48.3 Å². The number of rotatable bonds is 2. The topological polar surface area (TPSA) is 39.3 Å². The Morgan fingerprint density at radius 2 is 1.90 bits per heavy atom. The summed E-state index contributed by atoms with van der Waals surface area (Å²) in [6.07, 6.45) is 6.63. The highest BCUT2D eigenvalue weighted by Crippen LogP contribution is 2.33. The van der Waals surface area contributed by atoms with E-state index in [1.165, 1.54) is 11.3 Å². The minimum absolute atomic E-state index is 0.260. The Bertz CT molecular complexity index is 642. The maximum atomic E-state index is 12.3. The summed E-state index contributed by atoms with van der Waals surface area (Å²) < 4.78 is 0. The van der Waals surface area contributed by atoms with Crippen LogP contribution in [0.5, 0.6) is 0 Å². The predicted octanol–water partition coefficient (Wildman–Crippen LogP) is 2.57. The van der Waals surface area contributed by atoms with Crippen LogP contribution in [0.3, 0.4) is 0 Å². The van der Waals surface area contributed by atoms with Crippen LogP contribution < -0.4 is 9.80 Å². The van der Waals surface area contributed by atoms with Gasteiger partial charge in [0, 0.05) is 37.2 Å². The van der Waals surface area contributed by atoms with Crippen molar-refractivity contribution in [1.82, 2.24) is 4.98 Å². The van der Waals surface area contributed by atoms with Crippen LogP contribution in [0.15, 0.2) is 42.7 Å². The van der Waals surface area contributed by atoms with Crippen molar-refractivity contribution in [2.24, 2.45) is 0 Å². The first-order valence-electron chi connectivity index (χ1n) is 7.60. The molecule has 1 aromatic carbocycles. The SMILES string of the molecule is O=C1Cc2ccccc2N1C1CCN(c2cc[nH]c2)CC1. The molecule has 0 bridgehead atoms. The monoisotopic (exact) mass is 281 g/mol. The summed E-state index contributed by atoms with van der Waals surface area (Å²) in [7, 11) is 0. The fraction of sp³-hybridized carbons (Fsp3) is 0.353. The van der Waals surface area contributed by atoms with Gasteiger partial charge in [-0.3, -0.25) is 4.79 Å². The number of carbonyl (C=O) groups excluding carboxylic acids is 1. The molecule has 21 heavy (non-hydrogen) atoms. The highest BCUT2D eigenvalue weighted by Gasteiger charge is 2.34. The van der Waals surface area contributed by atoms with Crippen LogP contribution in [-0.2, 0) is 11.2 Å². The molecule has 1 aromatic heterocycles. The molecule has 2 aliphatic heterocycles. The number of aromatic nitrogens is 1. The number of anilines is 2. The van der Waals surface area contributed by atoms with Gasteiger partial charge in [0.05, 0.1) is 12.1 Å². The number of H-pyrrole nitrogens is 1. The molecule has 108 valence electrons. The normalized spacial score (nSPS) is 19.1. The second-order valence-electron chi connectivity index (χ2n) is 5.86. The van der Waals surface area contributed by atoms with Crippen LogP contribution in [0, 0.1) is 0 Å². The van der Waals surface area contributed by atoms with Gasteiger partial charge in [0.15, 0.2) is 0 Å². The number of aromatic amines is 1. The average molecular weight is 281 g/mol. The molecule has 2 aromatic rings. The third-order valence-corrected chi connectivity index (χ3v) is 4.64. The first-order valence-corrected chi connectivity index (χ1v) is 7.60. The lowest BCUT2D eigenvalue weighted by Gasteiger charge is -2.37. The van der Waals surface area contributed by atoms with E-state index in [0.29, 0.717) is 12.5 Å². The van der Waals surface area contributed by atoms with Crippen molar-refractivity contribution < 1.29 is 4.79 Å². The summed E-state index contributed by atoms with van der Waals surface area (Å²) in [6.45, 7) is 2.02. The van der Waals surface area contributed by atoms with Gasteiger partial charge in [-0.1, -0.05) is 18.2 Å². The van der Waals surface area contributed by atoms with E-state index in [1.54, 1.807) is 0 Å². The Kier molecular flexibility index (Phi) is 2.95. The Balaban J connectivity index is 1.50. The zero-order chi connectivity index (χ0) is 14.2. The van der Waals surface area contributed by atoms with Gasteiger partial charge < -0.3 is 14.8 Å². The maximum absolute atomic E-state index is 12.3. The van der Waals surface area contributed by atoms with E-state index in [2.05, 4.69) is 28.1 Å². The molecule has 1 saturated heterocycles. The molecule has 0 radical (unpaired) electrons. The molecule has 4 nitrogen and oxygen atoms in total. The van der Waals surface area contributed by atoms with Gasteiger partial charge in [-0.25, -0.2) is 0 Å². The maximum Gasteiger partial charge on any atom is 0.231 e. The average Bonchev–Trinajstić information content (AvgIpc) is 3.14. The highest BCUT2D eigenvalue weighted by molar-refractivity contribution is 6.01. The Hall–Kier alpha value is -2.23.